The maximum Gasteiger partial charge on any atom is 0.412 e. The van der Waals surface area contributed by atoms with Crippen LogP contribution in [0.15, 0.2) is 35.5 Å². The molecule has 9 nitrogen and oxygen atoms in total. The number of ether oxygens (including phenoxy) is 3. The minimum absolute atomic E-state index is 0.121. The number of amides is 1. The molecule has 1 saturated carbocycles. The van der Waals surface area contributed by atoms with E-state index in [0.717, 1.165) is 5.16 Å². The largest absolute Gasteiger partial charge is 0.441 e. The van der Waals surface area contributed by atoms with E-state index in [1.54, 1.807) is 23.9 Å². The number of carbonyl (C=O) groups is 1. The second-order valence-electron chi connectivity index (χ2n) is 7.53. The van der Waals surface area contributed by atoms with Crippen LogP contribution < -0.4 is 5.32 Å². The molecule has 3 aliphatic rings. The minimum Gasteiger partial charge on any atom is -0.441 e. The normalized spacial score (nSPS) is 29.1. The molecule has 1 N–H and O–H groups in total. The molecule has 3 fully saturated rings. The molecular weight excluding hydrogens is 394 g/mol. The summed E-state index contributed by atoms with van der Waals surface area (Å²) in [6, 6.07) is 9.07. The van der Waals surface area contributed by atoms with E-state index in [1.165, 1.54) is 25.7 Å². The van der Waals surface area contributed by atoms with Crippen molar-refractivity contribution in [2.75, 3.05) is 18.5 Å². The highest BCUT2D eigenvalue weighted by Crippen LogP contribution is 2.39. The van der Waals surface area contributed by atoms with Crippen molar-refractivity contribution in [1.82, 2.24) is 20.2 Å². The Morgan fingerprint density at radius 3 is 2.76 bits per heavy atom. The lowest BCUT2D eigenvalue weighted by Gasteiger charge is -2.18. The zero-order chi connectivity index (χ0) is 19.6. The average molecular weight is 417 g/mol. The number of fused-ring (bicyclic) bond motifs is 1. The zero-order valence-electron chi connectivity index (χ0n) is 15.8. The van der Waals surface area contributed by atoms with Gasteiger partial charge in [0.25, 0.3) is 0 Å². The van der Waals surface area contributed by atoms with Crippen LogP contribution in [0.3, 0.4) is 0 Å². The number of hydrogen-bond acceptors (Lipinski definition) is 8. The summed E-state index contributed by atoms with van der Waals surface area (Å²) in [5.74, 6) is 0. The number of para-hydroxylation sites is 1. The third kappa shape index (κ3) is 3.96. The molecule has 0 unspecified atom stereocenters. The highest BCUT2D eigenvalue weighted by Gasteiger charge is 2.51. The van der Waals surface area contributed by atoms with Gasteiger partial charge < -0.3 is 14.2 Å². The van der Waals surface area contributed by atoms with Crippen LogP contribution in [0, 0.1) is 0 Å². The fraction of sp³-hybridized carbons (Fsp3) is 0.579. The van der Waals surface area contributed by atoms with Gasteiger partial charge in [0.1, 0.15) is 18.2 Å². The van der Waals surface area contributed by atoms with Gasteiger partial charge in [-0.25, -0.2) is 9.48 Å². The second kappa shape index (κ2) is 8.29. The fourth-order valence-corrected chi connectivity index (χ4v) is 5.42. The van der Waals surface area contributed by atoms with Crippen LogP contribution in [0.5, 0.6) is 0 Å². The van der Waals surface area contributed by atoms with Crippen molar-refractivity contribution in [2.24, 2.45) is 0 Å². The van der Waals surface area contributed by atoms with E-state index in [0.29, 0.717) is 24.2 Å². The summed E-state index contributed by atoms with van der Waals surface area (Å²) >= 11 is 1.74. The van der Waals surface area contributed by atoms with E-state index in [9.17, 15) is 4.79 Å². The van der Waals surface area contributed by atoms with E-state index < -0.39 is 12.2 Å². The predicted molar refractivity (Wildman–Crippen MR) is 105 cm³/mol. The van der Waals surface area contributed by atoms with Crippen molar-refractivity contribution < 1.29 is 19.0 Å². The van der Waals surface area contributed by atoms with E-state index in [-0.39, 0.29) is 18.2 Å². The highest BCUT2D eigenvalue weighted by atomic mass is 32.2. The summed E-state index contributed by atoms with van der Waals surface area (Å²) in [6.07, 6.45) is 3.40. The molecule has 4 atom stereocenters. The first kappa shape index (κ1) is 18.8. The molecule has 0 bridgehead atoms. The first-order valence-corrected chi connectivity index (χ1v) is 10.9. The molecule has 2 aromatic rings. The standard InChI is InChI=1S/C19H23N5O4S/c25-19(20-12-6-2-1-3-7-12)28-15-11-27-16-14(10-26-17(15)16)24-18(21-22-23-24)29-13-8-4-5-9-13/h1-3,6-7,13-17H,4-5,8-11H2,(H,20,25)/t14-,15-,16-,17+/m0/s1. The quantitative estimate of drug-likeness (QED) is 0.793. The summed E-state index contributed by atoms with van der Waals surface area (Å²) in [5.41, 5.74) is 0.681. The van der Waals surface area contributed by atoms with Crippen LogP contribution in [-0.2, 0) is 14.2 Å². The Hall–Kier alpha value is -2.17. The second-order valence-corrected chi connectivity index (χ2v) is 8.80. The molecule has 1 aliphatic carbocycles. The Morgan fingerprint density at radius 2 is 1.93 bits per heavy atom. The van der Waals surface area contributed by atoms with Crippen LogP contribution in [0.25, 0.3) is 0 Å². The number of nitrogens with one attached hydrogen (secondary N) is 1. The van der Waals surface area contributed by atoms with Crippen LogP contribution in [0.1, 0.15) is 31.7 Å². The molecule has 1 amide bonds. The van der Waals surface area contributed by atoms with E-state index in [2.05, 4.69) is 20.8 Å². The van der Waals surface area contributed by atoms with Gasteiger partial charge in [-0.1, -0.05) is 42.8 Å². The van der Waals surface area contributed by atoms with Crippen molar-refractivity contribution >= 4 is 23.5 Å². The van der Waals surface area contributed by atoms with Gasteiger partial charge in [0, 0.05) is 10.9 Å². The molecule has 0 radical (unpaired) electrons. The molecule has 5 rings (SSSR count). The summed E-state index contributed by atoms with van der Waals surface area (Å²) in [4.78, 5) is 12.2. The maximum atomic E-state index is 12.2. The van der Waals surface area contributed by atoms with Gasteiger partial charge in [0.2, 0.25) is 5.16 Å². The molecule has 3 heterocycles. The molecular formula is C19H23N5O4S. The monoisotopic (exact) mass is 417 g/mol. The number of anilines is 1. The lowest BCUT2D eigenvalue weighted by molar-refractivity contribution is 0.00751. The number of thioether (sulfide) groups is 1. The summed E-state index contributed by atoms with van der Waals surface area (Å²) in [5, 5.41) is 16.4. The number of hydrogen-bond donors (Lipinski definition) is 1. The first-order valence-electron chi connectivity index (χ1n) is 9.98. The van der Waals surface area contributed by atoms with Gasteiger partial charge in [-0.3, -0.25) is 5.32 Å². The van der Waals surface area contributed by atoms with Gasteiger partial charge in [0.15, 0.2) is 6.10 Å². The molecule has 0 spiro atoms. The number of aromatic nitrogens is 4. The van der Waals surface area contributed by atoms with Crippen LogP contribution in [-0.4, -0.2) is 63.1 Å². The van der Waals surface area contributed by atoms with Crippen LogP contribution >= 0.6 is 11.8 Å². The lowest BCUT2D eigenvalue weighted by atomic mass is 10.1. The van der Waals surface area contributed by atoms with E-state index in [4.69, 9.17) is 14.2 Å². The molecule has 29 heavy (non-hydrogen) atoms. The summed E-state index contributed by atoms with van der Waals surface area (Å²) < 4.78 is 19.3. The Bertz CT molecular complexity index is 844. The molecule has 2 aliphatic heterocycles. The number of benzene rings is 1. The van der Waals surface area contributed by atoms with E-state index >= 15 is 0 Å². The lowest BCUT2D eigenvalue weighted by Crippen LogP contribution is -2.35. The topological polar surface area (TPSA) is 100 Å². The zero-order valence-corrected chi connectivity index (χ0v) is 16.7. The average Bonchev–Trinajstić information content (AvgIpc) is 3.50. The van der Waals surface area contributed by atoms with Gasteiger partial charge >= 0.3 is 6.09 Å². The minimum atomic E-state index is -0.516. The van der Waals surface area contributed by atoms with Crippen molar-refractivity contribution in [2.45, 2.75) is 60.4 Å². The van der Waals surface area contributed by atoms with Gasteiger partial charge in [-0.2, -0.15) is 0 Å². The Kier molecular flexibility index (Phi) is 5.38. The smallest absolute Gasteiger partial charge is 0.412 e. The van der Waals surface area contributed by atoms with Crippen molar-refractivity contribution in [3.63, 3.8) is 0 Å². The molecule has 10 heteroatoms. The Balaban J connectivity index is 1.21. The fourth-order valence-electron chi connectivity index (χ4n) is 4.19. The highest BCUT2D eigenvalue weighted by molar-refractivity contribution is 7.99. The summed E-state index contributed by atoms with van der Waals surface area (Å²) in [7, 11) is 0. The van der Waals surface area contributed by atoms with Gasteiger partial charge in [-0.15, -0.1) is 5.10 Å². The van der Waals surface area contributed by atoms with Crippen molar-refractivity contribution in [1.29, 1.82) is 0 Å². The number of rotatable bonds is 5. The van der Waals surface area contributed by atoms with Gasteiger partial charge in [-0.05, 0) is 35.4 Å². The number of carbonyl (C=O) groups excluding carboxylic acids is 1. The SMILES string of the molecule is O=C(Nc1ccccc1)O[C@H]1CO[C@@H]2[C@@H]1OC[C@@H]2n1nnnc1SC1CCCC1. The van der Waals surface area contributed by atoms with Crippen molar-refractivity contribution in [3.8, 4) is 0 Å². The molecule has 1 aromatic carbocycles. The molecule has 154 valence electrons. The Morgan fingerprint density at radius 1 is 1.14 bits per heavy atom. The number of tetrazole rings is 1. The molecule has 2 saturated heterocycles. The van der Waals surface area contributed by atoms with E-state index in [1.807, 2.05) is 22.9 Å². The first-order chi connectivity index (χ1) is 14.3. The maximum absolute atomic E-state index is 12.2. The van der Waals surface area contributed by atoms with Crippen molar-refractivity contribution in [3.05, 3.63) is 30.3 Å². The van der Waals surface area contributed by atoms with Crippen LogP contribution in [0.2, 0.25) is 0 Å². The number of nitrogens with zero attached hydrogens (tertiary/aromatic N) is 4. The molecule has 1 aromatic heterocycles. The third-order valence-corrected chi connectivity index (χ3v) is 6.90. The Labute approximate surface area is 172 Å². The van der Waals surface area contributed by atoms with Gasteiger partial charge in [0.05, 0.1) is 13.2 Å². The predicted octanol–water partition coefficient (Wildman–Crippen LogP) is 2.66. The third-order valence-electron chi connectivity index (χ3n) is 5.61. The van der Waals surface area contributed by atoms with Crippen LogP contribution in [0.4, 0.5) is 10.5 Å². The summed E-state index contributed by atoms with van der Waals surface area (Å²) in [6.45, 7) is 0.722.